The molecule has 1 saturated heterocycles. The highest BCUT2D eigenvalue weighted by atomic mass is 79.9. The highest BCUT2D eigenvalue weighted by Gasteiger charge is 2.31. The summed E-state index contributed by atoms with van der Waals surface area (Å²) in [5.74, 6) is 0. The van der Waals surface area contributed by atoms with Gasteiger partial charge in [0.05, 0.1) is 24.2 Å². The summed E-state index contributed by atoms with van der Waals surface area (Å²) in [6.45, 7) is 0.564. The van der Waals surface area contributed by atoms with Crippen LogP contribution >= 0.6 is 31.9 Å². The van der Waals surface area contributed by atoms with Gasteiger partial charge in [0, 0.05) is 22.0 Å². The molecule has 1 atom stereocenters. The molecule has 1 fully saturated rings. The second kappa shape index (κ2) is 6.19. The minimum Gasteiger partial charge on any atom is -0.394 e. The second-order valence-electron chi connectivity index (χ2n) is 4.11. The molecule has 1 aliphatic rings. The number of ether oxygens (including phenoxy) is 1. The van der Waals surface area contributed by atoms with Gasteiger partial charge in [-0.3, -0.25) is 0 Å². The first-order chi connectivity index (χ1) is 8.95. The maximum atomic E-state index is 12.5. The van der Waals surface area contributed by atoms with E-state index in [1.807, 2.05) is 0 Å². The minimum atomic E-state index is -3.58. The molecule has 106 valence electrons. The third-order valence-electron chi connectivity index (χ3n) is 2.82. The van der Waals surface area contributed by atoms with Crippen LogP contribution in [0.2, 0.25) is 0 Å². The first-order valence-corrected chi connectivity index (χ1v) is 8.65. The summed E-state index contributed by atoms with van der Waals surface area (Å²) < 4.78 is 33.0. The molecule has 1 heterocycles. The van der Waals surface area contributed by atoms with Crippen LogP contribution in [-0.4, -0.2) is 50.2 Å². The van der Waals surface area contributed by atoms with Gasteiger partial charge in [-0.15, -0.1) is 0 Å². The number of aliphatic hydroxyl groups excluding tert-OH is 1. The molecule has 1 aromatic rings. The molecule has 1 unspecified atom stereocenters. The van der Waals surface area contributed by atoms with Crippen molar-refractivity contribution in [1.29, 1.82) is 0 Å². The van der Waals surface area contributed by atoms with Gasteiger partial charge in [0.25, 0.3) is 0 Å². The van der Waals surface area contributed by atoms with Crippen molar-refractivity contribution in [3.05, 3.63) is 27.1 Å². The predicted molar refractivity (Wildman–Crippen MR) is 77.4 cm³/mol. The molecule has 0 aromatic heterocycles. The van der Waals surface area contributed by atoms with Crippen molar-refractivity contribution in [3.63, 3.8) is 0 Å². The van der Waals surface area contributed by atoms with Crippen molar-refractivity contribution in [2.45, 2.75) is 11.0 Å². The monoisotopic (exact) mass is 413 g/mol. The van der Waals surface area contributed by atoms with E-state index in [0.29, 0.717) is 17.6 Å². The normalized spacial score (nSPS) is 21.5. The quantitative estimate of drug-likeness (QED) is 0.815. The zero-order valence-electron chi connectivity index (χ0n) is 9.92. The van der Waals surface area contributed by atoms with Gasteiger partial charge in [-0.2, -0.15) is 4.31 Å². The highest BCUT2D eigenvalue weighted by molar-refractivity contribution is 9.11. The molecule has 1 aliphatic heterocycles. The van der Waals surface area contributed by atoms with Gasteiger partial charge in [-0.25, -0.2) is 8.42 Å². The van der Waals surface area contributed by atoms with Crippen molar-refractivity contribution < 1.29 is 18.3 Å². The predicted octanol–water partition coefficient (Wildman–Crippen LogP) is 1.59. The Bertz CT molecular complexity index is 564. The average molecular weight is 415 g/mol. The molecule has 1 N–H and O–H groups in total. The van der Waals surface area contributed by atoms with Crippen molar-refractivity contribution in [2.24, 2.45) is 0 Å². The number of nitrogens with zero attached hydrogens (tertiary/aromatic N) is 1. The lowest BCUT2D eigenvalue weighted by atomic mass is 10.3. The van der Waals surface area contributed by atoms with Crippen LogP contribution in [0.15, 0.2) is 32.0 Å². The average Bonchev–Trinajstić information content (AvgIpc) is 2.38. The summed E-state index contributed by atoms with van der Waals surface area (Å²) >= 11 is 6.55. The summed E-state index contributed by atoms with van der Waals surface area (Å²) in [5, 5.41) is 9.07. The van der Waals surface area contributed by atoms with E-state index in [1.165, 1.54) is 4.31 Å². The van der Waals surface area contributed by atoms with Gasteiger partial charge in [0.2, 0.25) is 10.0 Å². The highest BCUT2D eigenvalue weighted by Crippen LogP contribution is 2.28. The van der Waals surface area contributed by atoms with E-state index in [4.69, 9.17) is 9.84 Å². The minimum absolute atomic E-state index is 0.168. The topological polar surface area (TPSA) is 66.8 Å². The van der Waals surface area contributed by atoms with Gasteiger partial charge in [0.1, 0.15) is 0 Å². The van der Waals surface area contributed by atoms with Gasteiger partial charge in [0.15, 0.2) is 0 Å². The summed E-state index contributed by atoms with van der Waals surface area (Å²) in [4.78, 5) is 0.217. The third-order valence-corrected chi connectivity index (χ3v) is 6.15. The third kappa shape index (κ3) is 3.37. The number of morpholine rings is 1. The van der Waals surface area contributed by atoms with Gasteiger partial charge < -0.3 is 9.84 Å². The fraction of sp³-hybridized carbons (Fsp3) is 0.455. The molecule has 0 aliphatic carbocycles. The smallest absolute Gasteiger partial charge is 0.244 e. The van der Waals surface area contributed by atoms with Crippen LogP contribution in [0, 0.1) is 0 Å². The maximum absolute atomic E-state index is 12.5. The molecular weight excluding hydrogens is 402 g/mol. The van der Waals surface area contributed by atoms with Crippen LogP contribution in [0.1, 0.15) is 0 Å². The van der Waals surface area contributed by atoms with Gasteiger partial charge in [-0.1, -0.05) is 15.9 Å². The molecule has 0 bridgehead atoms. The fourth-order valence-corrected chi connectivity index (χ4v) is 5.01. The fourth-order valence-electron chi connectivity index (χ4n) is 1.84. The first kappa shape index (κ1) is 15.4. The Morgan fingerprint density at radius 1 is 1.42 bits per heavy atom. The van der Waals surface area contributed by atoms with Crippen molar-refractivity contribution >= 4 is 41.9 Å². The summed E-state index contributed by atoms with van der Waals surface area (Å²) in [5.41, 5.74) is 0. The Labute approximate surface area is 128 Å². The van der Waals surface area contributed by atoms with Crippen molar-refractivity contribution in [3.8, 4) is 0 Å². The summed E-state index contributed by atoms with van der Waals surface area (Å²) in [6.07, 6.45) is -0.460. The largest absolute Gasteiger partial charge is 0.394 e. The van der Waals surface area contributed by atoms with Crippen LogP contribution < -0.4 is 0 Å². The Morgan fingerprint density at radius 2 is 2.16 bits per heavy atom. The molecular formula is C11H13Br2NO4S. The lowest BCUT2D eigenvalue weighted by Gasteiger charge is -2.31. The number of rotatable bonds is 3. The Hall–Kier alpha value is 0.01000. The van der Waals surface area contributed by atoms with E-state index in [2.05, 4.69) is 31.9 Å². The van der Waals surface area contributed by atoms with Crippen molar-refractivity contribution in [2.75, 3.05) is 26.3 Å². The van der Waals surface area contributed by atoms with E-state index in [0.717, 1.165) is 4.47 Å². The molecule has 1 aromatic carbocycles. The zero-order valence-corrected chi connectivity index (χ0v) is 13.9. The molecule has 8 heteroatoms. The van der Waals surface area contributed by atoms with E-state index in [9.17, 15) is 8.42 Å². The van der Waals surface area contributed by atoms with Crippen LogP contribution in [0.25, 0.3) is 0 Å². The molecule has 5 nitrogen and oxygen atoms in total. The van der Waals surface area contributed by atoms with E-state index < -0.39 is 16.1 Å². The van der Waals surface area contributed by atoms with Crippen LogP contribution in [-0.2, 0) is 14.8 Å². The molecule has 2 rings (SSSR count). The molecule has 0 amide bonds. The van der Waals surface area contributed by atoms with Crippen LogP contribution in [0.5, 0.6) is 0 Å². The lowest BCUT2D eigenvalue weighted by Crippen LogP contribution is -2.46. The van der Waals surface area contributed by atoms with Gasteiger partial charge >= 0.3 is 0 Å². The Morgan fingerprint density at radius 3 is 2.79 bits per heavy atom. The number of halogens is 2. The number of benzene rings is 1. The van der Waals surface area contributed by atoms with E-state index in [-0.39, 0.29) is 18.0 Å². The SMILES string of the molecule is O=S(=O)(c1ccc(Br)cc1Br)N1CCOC(CO)C1. The number of hydrogen-bond donors (Lipinski definition) is 1. The Kier molecular flexibility index (Phi) is 5.02. The molecule has 0 saturated carbocycles. The molecule has 0 radical (unpaired) electrons. The van der Waals surface area contributed by atoms with Gasteiger partial charge in [-0.05, 0) is 34.1 Å². The summed E-state index contributed by atoms with van der Waals surface area (Å²) in [6, 6.07) is 4.92. The van der Waals surface area contributed by atoms with Crippen molar-refractivity contribution in [1.82, 2.24) is 4.31 Å². The second-order valence-corrected chi connectivity index (χ2v) is 7.79. The lowest BCUT2D eigenvalue weighted by molar-refractivity contribution is -0.0304. The van der Waals surface area contributed by atoms with Crippen LogP contribution in [0.3, 0.4) is 0 Å². The molecule has 19 heavy (non-hydrogen) atoms. The number of sulfonamides is 1. The summed E-state index contributed by atoms with van der Waals surface area (Å²) in [7, 11) is -3.58. The number of hydrogen-bond acceptors (Lipinski definition) is 4. The molecule has 0 spiro atoms. The Balaban J connectivity index is 2.31. The van der Waals surface area contributed by atoms with Crippen LogP contribution in [0.4, 0.5) is 0 Å². The first-order valence-electron chi connectivity index (χ1n) is 5.63. The van der Waals surface area contributed by atoms with E-state index >= 15 is 0 Å². The zero-order chi connectivity index (χ0) is 14.0. The van der Waals surface area contributed by atoms with E-state index in [1.54, 1.807) is 18.2 Å². The standard InChI is InChI=1S/C11H13Br2NO4S/c12-8-1-2-11(10(13)5-8)19(16,17)14-3-4-18-9(6-14)7-15/h1-2,5,9,15H,3-4,6-7H2. The maximum Gasteiger partial charge on any atom is 0.244 e. The number of aliphatic hydroxyl groups is 1.